The maximum atomic E-state index is 13.5. The molecule has 0 aliphatic carbocycles. The van der Waals surface area contributed by atoms with Gasteiger partial charge in [0.05, 0.1) is 42.0 Å². The molecule has 5 heterocycles. The van der Waals surface area contributed by atoms with Crippen molar-refractivity contribution < 1.29 is 31.5 Å². The topological polar surface area (TPSA) is 184 Å². The van der Waals surface area contributed by atoms with Crippen molar-refractivity contribution in [2.75, 3.05) is 31.0 Å². The van der Waals surface area contributed by atoms with E-state index in [0.29, 0.717) is 13.2 Å². The van der Waals surface area contributed by atoms with Gasteiger partial charge in [0.2, 0.25) is 0 Å². The Morgan fingerprint density at radius 3 is 2.42 bits per heavy atom. The number of hydrogen-bond acceptors (Lipinski definition) is 12. The van der Waals surface area contributed by atoms with Crippen LogP contribution in [0.4, 0.5) is 11.5 Å². The van der Waals surface area contributed by atoms with Gasteiger partial charge in [-0.25, -0.2) is 35.8 Å². The monoisotopic (exact) mass is 629 g/mol. The van der Waals surface area contributed by atoms with Gasteiger partial charge in [-0.1, -0.05) is 18.2 Å². The van der Waals surface area contributed by atoms with Gasteiger partial charge in [-0.3, -0.25) is 0 Å². The number of anilines is 1. The Morgan fingerprint density at radius 1 is 1.02 bits per heavy atom. The predicted octanol–water partition coefficient (Wildman–Crippen LogP) is 1.51. The molecule has 43 heavy (non-hydrogen) atoms. The summed E-state index contributed by atoms with van der Waals surface area (Å²) in [6.45, 7) is 5.82. The molecular weight excluding hydrogens is 600 g/mol. The number of morpholine rings is 1. The van der Waals surface area contributed by atoms with Crippen LogP contribution in [0.1, 0.15) is 26.5 Å². The number of nitrogens with one attached hydrogen (secondary N) is 1. The molecule has 1 saturated heterocycles. The van der Waals surface area contributed by atoms with E-state index in [1.807, 2.05) is 11.8 Å². The van der Waals surface area contributed by atoms with Crippen LogP contribution in [0.25, 0.3) is 22.4 Å². The van der Waals surface area contributed by atoms with Gasteiger partial charge in [0, 0.05) is 17.8 Å². The minimum atomic E-state index is -4.11. The van der Waals surface area contributed by atoms with Crippen LogP contribution in [0.15, 0.2) is 53.7 Å². The molecule has 1 N–H and O–H groups in total. The molecule has 0 radical (unpaired) electrons. The van der Waals surface area contributed by atoms with Gasteiger partial charge in [0.25, 0.3) is 10.0 Å². The van der Waals surface area contributed by atoms with Gasteiger partial charge in [0.15, 0.2) is 38.6 Å². The minimum Gasteiger partial charge on any atom is -0.628 e. The molecular formula is C27H29N6O8S2-. The first-order valence-electron chi connectivity index (χ1n) is 13.4. The highest BCUT2D eigenvalue weighted by molar-refractivity contribution is 7.91. The van der Waals surface area contributed by atoms with Gasteiger partial charge < -0.3 is 30.0 Å². The summed E-state index contributed by atoms with van der Waals surface area (Å²) in [5.74, 6) is 0.318. The highest BCUT2D eigenvalue weighted by Crippen LogP contribution is 2.45. The fourth-order valence-corrected chi connectivity index (χ4v) is 7.20. The molecule has 0 unspecified atom stereocenters. The average Bonchev–Trinajstić information content (AvgIpc) is 3.41. The van der Waals surface area contributed by atoms with Crippen LogP contribution < -0.4 is 14.9 Å². The smallest absolute Gasteiger partial charge is 0.269 e. The SMILES string of the molecule is C[C@H]1COC[C@@H]2COc3c(nc(-c4c([NH+]([O-])[O-])cnc5c4ccn5S(=O)(=O)c4ccccc4)nc3C(C)(C)S(C)(=O)=O)N21. The number of pyridine rings is 1. The van der Waals surface area contributed by atoms with Gasteiger partial charge >= 0.3 is 0 Å². The van der Waals surface area contributed by atoms with E-state index in [4.69, 9.17) is 14.5 Å². The lowest BCUT2D eigenvalue weighted by Gasteiger charge is -2.45. The molecule has 0 spiro atoms. The number of rotatable bonds is 6. The van der Waals surface area contributed by atoms with Crippen LogP contribution in [-0.2, 0) is 29.3 Å². The van der Waals surface area contributed by atoms with E-state index in [0.717, 1.165) is 16.4 Å². The van der Waals surface area contributed by atoms with Crippen LogP contribution in [0.3, 0.4) is 0 Å². The van der Waals surface area contributed by atoms with E-state index in [2.05, 4.69) is 9.97 Å². The lowest BCUT2D eigenvalue weighted by atomic mass is 10.0. The van der Waals surface area contributed by atoms with Crippen molar-refractivity contribution in [1.29, 1.82) is 0 Å². The number of aromatic nitrogens is 4. The Balaban J connectivity index is 1.67. The van der Waals surface area contributed by atoms with Gasteiger partial charge in [-0.15, -0.1) is 0 Å². The second-order valence-electron chi connectivity index (χ2n) is 11.1. The number of fused-ring (bicyclic) bond motifs is 4. The summed E-state index contributed by atoms with van der Waals surface area (Å²) in [6, 6.07) is 8.72. The van der Waals surface area contributed by atoms with E-state index >= 15 is 0 Å². The molecule has 2 aliphatic heterocycles. The number of sulfone groups is 1. The molecule has 4 aromatic rings. The summed E-state index contributed by atoms with van der Waals surface area (Å²) in [6.07, 6.45) is 3.34. The molecule has 0 amide bonds. The highest BCUT2D eigenvalue weighted by atomic mass is 32.2. The Labute approximate surface area is 248 Å². The van der Waals surface area contributed by atoms with E-state index < -0.39 is 35.5 Å². The number of quaternary nitrogens is 1. The standard InChI is InChI=1S/C27H29N6O8S2/c1-16-13-40-14-17-15-41-22-23(27(2,3)42(4,36)37)29-24(30-26(22)32(16)17)21-19-10-11-31(25(19)28-12-20(21)33(34)35)43(38,39)18-8-6-5-7-9-18/h5-12,16-17,33H,13-15H2,1-4H3/q-1/t16-,17+/m0/s1. The zero-order chi connectivity index (χ0) is 30.9. The fourth-order valence-electron chi connectivity index (χ4n) is 5.39. The molecule has 0 bridgehead atoms. The number of benzene rings is 1. The van der Waals surface area contributed by atoms with Crippen molar-refractivity contribution in [3.05, 3.63) is 64.9 Å². The first kappa shape index (κ1) is 29.4. The predicted molar refractivity (Wildman–Crippen MR) is 157 cm³/mol. The second kappa shape index (κ2) is 10.2. The highest BCUT2D eigenvalue weighted by Gasteiger charge is 2.44. The normalized spacial score (nSPS) is 19.3. The summed E-state index contributed by atoms with van der Waals surface area (Å²) in [4.78, 5) is 15.5. The van der Waals surface area contributed by atoms with Crippen molar-refractivity contribution >= 4 is 42.4 Å². The maximum Gasteiger partial charge on any atom is 0.269 e. The van der Waals surface area contributed by atoms with Gasteiger partial charge in [0.1, 0.15) is 17.0 Å². The third-order valence-corrected chi connectivity index (χ3v) is 11.7. The molecule has 0 saturated carbocycles. The van der Waals surface area contributed by atoms with Crippen LogP contribution in [-0.4, -0.2) is 73.9 Å². The summed E-state index contributed by atoms with van der Waals surface area (Å²) in [5, 5.41) is 23.3. The Hall–Kier alpha value is -3.67. The van der Waals surface area contributed by atoms with Crippen molar-refractivity contribution in [2.45, 2.75) is 42.5 Å². The third kappa shape index (κ3) is 4.65. The lowest BCUT2D eigenvalue weighted by molar-refractivity contribution is -0.714. The molecule has 228 valence electrons. The van der Waals surface area contributed by atoms with Gasteiger partial charge in [-0.2, -0.15) is 0 Å². The molecule has 2 atom stereocenters. The number of ether oxygens (including phenoxy) is 2. The molecule has 2 aliphatic rings. The Kier molecular flexibility index (Phi) is 6.98. The third-order valence-electron chi connectivity index (χ3n) is 7.97. The van der Waals surface area contributed by atoms with Crippen LogP contribution in [0.5, 0.6) is 5.75 Å². The van der Waals surface area contributed by atoms with Crippen LogP contribution in [0.2, 0.25) is 0 Å². The zero-order valence-electron chi connectivity index (χ0n) is 23.7. The molecule has 16 heteroatoms. The van der Waals surface area contributed by atoms with E-state index in [1.165, 1.54) is 38.2 Å². The second-order valence-corrected chi connectivity index (χ2v) is 15.5. The van der Waals surface area contributed by atoms with E-state index in [9.17, 15) is 27.3 Å². The summed E-state index contributed by atoms with van der Waals surface area (Å²) in [5.41, 5.74) is -0.488. The average molecular weight is 630 g/mol. The van der Waals surface area contributed by atoms with Crippen molar-refractivity contribution in [2.24, 2.45) is 0 Å². The lowest BCUT2D eigenvalue weighted by Crippen LogP contribution is -2.96. The Bertz CT molecular complexity index is 1940. The fraction of sp³-hybridized carbons (Fsp3) is 0.370. The summed E-state index contributed by atoms with van der Waals surface area (Å²) < 4.78 is 64.2. The molecule has 1 aromatic carbocycles. The first-order chi connectivity index (χ1) is 20.2. The summed E-state index contributed by atoms with van der Waals surface area (Å²) >= 11 is 0. The van der Waals surface area contributed by atoms with Crippen LogP contribution in [0, 0.1) is 10.4 Å². The number of nitrogens with zero attached hydrogens (tertiary/aromatic N) is 5. The molecule has 14 nitrogen and oxygen atoms in total. The van der Waals surface area contributed by atoms with Crippen molar-refractivity contribution in [1.82, 2.24) is 18.9 Å². The van der Waals surface area contributed by atoms with Crippen molar-refractivity contribution in [3.8, 4) is 17.1 Å². The first-order valence-corrected chi connectivity index (χ1v) is 16.7. The Morgan fingerprint density at radius 2 is 1.74 bits per heavy atom. The molecule has 1 fully saturated rings. The van der Waals surface area contributed by atoms with Crippen molar-refractivity contribution in [3.63, 3.8) is 0 Å². The minimum absolute atomic E-state index is 0.00606. The molecule has 6 rings (SSSR count). The largest absolute Gasteiger partial charge is 0.628 e. The van der Waals surface area contributed by atoms with Crippen LogP contribution >= 0.6 is 0 Å². The molecule has 3 aromatic heterocycles. The van der Waals surface area contributed by atoms with E-state index in [-0.39, 0.29) is 63.3 Å². The van der Waals surface area contributed by atoms with Gasteiger partial charge in [-0.05, 0) is 39.0 Å². The van der Waals surface area contributed by atoms with E-state index in [1.54, 1.807) is 18.2 Å². The number of hydrogen-bond donors (Lipinski definition) is 1. The zero-order valence-corrected chi connectivity index (χ0v) is 25.3. The summed E-state index contributed by atoms with van der Waals surface area (Å²) in [7, 11) is -7.90. The quantitative estimate of drug-likeness (QED) is 0.304. The maximum absolute atomic E-state index is 13.5.